The molecule has 2 atom stereocenters. The standard InChI is InChI=1S/C21H20ClNO5/c1-23-7-6-12(17(27)10-23)19-14(24)8-15(25)20-16(26)9-18(28-21(19)20)11-4-2-3-5-13(11)22/h2-5,8-9,12,17,24-25,27H,6-7,10H2,1H3/i12D. The molecule has 146 valence electrons. The number of benzene rings is 2. The van der Waals surface area contributed by atoms with Gasteiger partial charge in [-0.1, -0.05) is 23.7 Å². The zero-order chi connectivity index (χ0) is 20.9. The Morgan fingerprint density at radius 2 is 2.00 bits per heavy atom. The minimum Gasteiger partial charge on any atom is -0.507 e. The van der Waals surface area contributed by atoms with E-state index in [1.54, 1.807) is 24.3 Å². The highest BCUT2D eigenvalue weighted by Gasteiger charge is 2.33. The van der Waals surface area contributed by atoms with Crippen molar-refractivity contribution in [3.8, 4) is 22.8 Å². The van der Waals surface area contributed by atoms with E-state index in [9.17, 15) is 20.1 Å². The monoisotopic (exact) mass is 402 g/mol. The Hall–Kier alpha value is -2.54. The molecule has 1 aliphatic rings. The zero-order valence-electron chi connectivity index (χ0n) is 16.1. The highest BCUT2D eigenvalue weighted by atomic mass is 35.5. The van der Waals surface area contributed by atoms with Crippen molar-refractivity contribution < 1.29 is 21.1 Å². The molecule has 1 saturated heterocycles. The Balaban J connectivity index is 2.05. The van der Waals surface area contributed by atoms with Crippen molar-refractivity contribution in [1.82, 2.24) is 4.90 Å². The lowest BCUT2D eigenvalue weighted by Crippen LogP contribution is -2.40. The third kappa shape index (κ3) is 3.13. The van der Waals surface area contributed by atoms with Crippen molar-refractivity contribution in [1.29, 1.82) is 0 Å². The number of likely N-dealkylation sites (N-methyl/N-ethyl adjacent to an activating group) is 1. The molecule has 0 saturated carbocycles. The summed E-state index contributed by atoms with van der Waals surface area (Å²) in [5, 5.41) is 31.8. The Labute approximate surface area is 167 Å². The van der Waals surface area contributed by atoms with Crippen LogP contribution in [0.5, 0.6) is 11.5 Å². The van der Waals surface area contributed by atoms with E-state index in [1.165, 1.54) is 6.07 Å². The van der Waals surface area contributed by atoms with Crippen molar-refractivity contribution in [3.63, 3.8) is 0 Å². The number of aliphatic hydroxyl groups excluding tert-OH is 1. The van der Waals surface area contributed by atoms with Gasteiger partial charge < -0.3 is 24.6 Å². The van der Waals surface area contributed by atoms with Crippen LogP contribution in [0.2, 0.25) is 5.02 Å². The van der Waals surface area contributed by atoms with Gasteiger partial charge in [0.15, 0.2) is 5.43 Å². The average Bonchev–Trinajstić information content (AvgIpc) is 2.65. The fraction of sp³-hybridized carbons (Fsp3) is 0.286. The number of hydrogen-bond donors (Lipinski definition) is 3. The van der Waals surface area contributed by atoms with Crippen LogP contribution in [-0.2, 0) is 0 Å². The van der Waals surface area contributed by atoms with E-state index in [2.05, 4.69) is 0 Å². The molecule has 1 fully saturated rings. The molecule has 2 unspecified atom stereocenters. The number of β-amino-alcohol motifs (C(OH)–C–C–N with tert-alkyl or cyclic N) is 1. The second-order valence-electron chi connectivity index (χ2n) is 7.00. The molecule has 0 bridgehead atoms. The van der Waals surface area contributed by atoms with E-state index in [-0.39, 0.29) is 35.3 Å². The SMILES string of the molecule is [2H]C1(c2c(O)cc(O)c3c(=O)cc(-c4ccccc4Cl)oc23)CCN(C)CC1O. The Morgan fingerprint density at radius 3 is 2.71 bits per heavy atom. The lowest BCUT2D eigenvalue weighted by Gasteiger charge is -2.34. The first-order valence-electron chi connectivity index (χ1n) is 9.37. The second kappa shape index (κ2) is 7.13. The molecule has 6 nitrogen and oxygen atoms in total. The van der Waals surface area contributed by atoms with Gasteiger partial charge in [0.05, 0.1) is 11.1 Å². The molecular formula is C21H20ClNO5. The minimum absolute atomic E-state index is 0.0168. The number of likely N-dealkylation sites (tertiary alicyclic amines) is 1. The summed E-state index contributed by atoms with van der Waals surface area (Å²) in [6, 6.07) is 9.03. The maximum atomic E-state index is 12.8. The van der Waals surface area contributed by atoms with Gasteiger partial charge in [-0.2, -0.15) is 0 Å². The summed E-state index contributed by atoms with van der Waals surface area (Å²) in [5.74, 6) is -2.33. The molecule has 2 heterocycles. The van der Waals surface area contributed by atoms with E-state index in [0.29, 0.717) is 17.1 Å². The predicted molar refractivity (Wildman–Crippen MR) is 107 cm³/mol. The number of piperidine rings is 1. The van der Waals surface area contributed by atoms with Crippen molar-refractivity contribution in [3.05, 3.63) is 57.2 Å². The molecule has 0 radical (unpaired) electrons. The maximum absolute atomic E-state index is 12.8. The highest BCUT2D eigenvalue weighted by Crippen LogP contribution is 2.42. The number of aromatic hydroxyl groups is 2. The van der Waals surface area contributed by atoms with Crippen LogP contribution in [-0.4, -0.2) is 46.5 Å². The van der Waals surface area contributed by atoms with Gasteiger partial charge in [-0.05, 0) is 32.1 Å². The van der Waals surface area contributed by atoms with Crippen LogP contribution < -0.4 is 5.43 Å². The van der Waals surface area contributed by atoms with E-state index >= 15 is 0 Å². The van der Waals surface area contributed by atoms with Crippen LogP contribution in [0.1, 0.15) is 19.2 Å². The summed E-state index contributed by atoms with van der Waals surface area (Å²) in [7, 11) is 1.83. The van der Waals surface area contributed by atoms with Crippen LogP contribution in [0.25, 0.3) is 22.3 Å². The summed E-state index contributed by atoms with van der Waals surface area (Å²) < 4.78 is 14.9. The van der Waals surface area contributed by atoms with Crippen LogP contribution in [0, 0.1) is 0 Å². The van der Waals surface area contributed by atoms with Crippen LogP contribution in [0.4, 0.5) is 0 Å². The third-order valence-electron chi connectivity index (χ3n) is 5.07. The van der Waals surface area contributed by atoms with Gasteiger partial charge in [-0.25, -0.2) is 0 Å². The molecular weight excluding hydrogens is 382 g/mol. The van der Waals surface area contributed by atoms with E-state index in [0.717, 1.165) is 6.07 Å². The van der Waals surface area contributed by atoms with Gasteiger partial charge in [0.2, 0.25) is 0 Å². The summed E-state index contributed by atoms with van der Waals surface area (Å²) in [6.45, 7) is 0.733. The largest absolute Gasteiger partial charge is 0.507 e. The molecule has 7 heteroatoms. The van der Waals surface area contributed by atoms with Gasteiger partial charge in [0.25, 0.3) is 0 Å². The average molecular weight is 403 g/mol. The first kappa shape index (κ1) is 17.6. The molecule has 0 amide bonds. The molecule has 0 aliphatic carbocycles. The number of halogens is 1. The third-order valence-corrected chi connectivity index (χ3v) is 5.40. The van der Waals surface area contributed by atoms with Crippen LogP contribution in [0.3, 0.4) is 0 Å². The van der Waals surface area contributed by atoms with Gasteiger partial charge in [0, 0.05) is 37.1 Å². The number of phenols is 2. The number of rotatable bonds is 2. The topological polar surface area (TPSA) is 94.1 Å². The van der Waals surface area contributed by atoms with E-state index in [1.807, 2.05) is 11.9 Å². The minimum atomic E-state index is -1.61. The molecule has 0 spiro atoms. The number of phenolic OH excluding ortho intramolecular Hbond substituents is 2. The Bertz CT molecular complexity index is 1160. The summed E-state index contributed by atoms with van der Waals surface area (Å²) in [4.78, 5) is 14.7. The van der Waals surface area contributed by atoms with Crippen molar-refractivity contribution in [2.24, 2.45) is 0 Å². The molecule has 2 aromatic carbocycles. The number of hydrogen-bond acceptors (Lipinski definition) is 6. The fourth-order valence-corrected chi connectivity index (χ4v) is 3.90. The Morgan fingerprint density at radius 1 is 1.25 bits per heavy atom. The van der Waals surface area contributed by atoms with E-state index < -0.39 is 28.9 Å². The lowest BCUT2D eigenvalue weighted by molar-refractivity contribution is 0.0630. The second-order valence-corrected chi connectivity index (χ2v) is 7.41. The van der Waals surface area contributed by atoms with Gasteiger partial charge >= 0.3 is 0 Å². The molecule has 4 rings (SSSR count). The van der Waals surface area contributed by atoms with Crippen molar-refractivity contribution in [2.45, 2.75) is 18.4 Å². The molecule has 1 aliphatic heterocycles. The first-order chi connectivity index (χ1) is 13.7. The number of fused-ring (bicyclic) bond motifs is 1. The number of nitrogens with zero attached hydrogens (tertiary/aromatic N) is 1. The van der Waals surface area contributed by atoms with Crippen LogP contribution >= 0.6 is 11.6 Å². The first-order valence-corrected chi connectivity index (χ1v) is 9.25. The molecule has 3 aromatic rings. The molecule has 3 N–H and O–H groups in total. The predicted octanol–water partition coefficient (Wildman–Crippen LogP) is 3.30. The Kier molecular flexibility index (Phi) is 4.47. The summed E-state index contributed by atoms with van der Waals surface area (Å²) in [5.41, 5.74) is -0.212. The summed E-state index contributed by atoms with van der Waals surface area (Å²) >= 11 is 6.24. The van der Waals surface area contributed by atoms with Crippen molar-refractivity contribution >= 4 is 22.6 Å². The lowest BCUT2D eigenvalue weighted by atomic mass is 9.85. The van der Waals surface area contributed by atoms with Crippen molar-refractivity contribution in [2.75, 3.05) is 20.1 Å². The maximum Gasteiger partial charge on any atom is 0.197 e. The molecule has 28 heavy (non-hydrogen) atoms. The van der Waals surface area contributed by atoms with Crippen LogP contribution in [0.15, 0.2) is 45.6 Å². The molecule has 1 aromatic heterocycles. The van der Waals surface area contributed by atoms with Gasteiger partial charge in [-0.3, -0.25) is 4.79 Å². The normalized spacial score (nSPS) is 23.7. The summed E-state index contributed by atoms with van der Waals surface area (Å²) in [6.07, 6.45) is -0.924. The smallest absolute Gasteiger partial charge is 0.197 e. The highest BCUT2D eigenvalue weighted by molar-refractivity contribution is 6.33. The van der Waals surface area contributed by atoms with E-state index in [4.69, 9.17) is 17.4 Å². The fourth-order valence-electron chi connectivity index (χ4n) is 3.67. The van der Waals surface area contributed by atoms with Gasteiger partial charge in [0.1, 0.15) is 28.2 Å². The quantitative estimate of drug-likeness (QED) is 0.609. The zero-order valence-corrected chi connectivity index (χ0v) is 15.9. The number of aliphatic hydroxyl groups is 1. The van der Waals surface area contributed by atoms with Gasteiger partial charge in [-0.15, -0.1) is 0 Å².